The first kappa shape index (κ1) is 12.2. The molecule has 0 saturated carbocycles. The molecule has 2 rings (SSSR count). The number of carbonyl (C=O) groups is 2. The lowest BCUT2D eigenvalue weighted by Crippen LogP contribution is -2.34. The third-order valence-corrected chi connectivity index (χ3v) is 2.43. The molecule has 0 bridgehead atoms. The van der Waals surface area contributed by atoms with Gasteiger partial charge in [-0.2, -0.15) is 9.71 Å². The van der Waals surface area contributed by atoms with Crippen molar-refractivity contribution in [2.75, 3.05) is 5.32 Å². The Hall–Kier alpha value is -2.29. The molecule has 93 valence electrons. The van der Waals surface area contributed by atoms with E-state index in [1.807, 2.05) is 0 Å². The van der Waals surface area contributed by atoms with Gasteiger partial charge in [0.25, 0.3) is 0 Å². The predicted molar refractivity (Wildman–Crippen MR) is 53.5 cm³/mol. The summed E-state index contributed by atoms with van der Waals surface area (Å²) in [5, 5.41) is 14.2. The van der Waals surface area contributed by atoms with Crippen LogP contribution in [-0.2, 0) is 9.59 Å². The summed E-state index contributed by atoms with van der Waals surface area (Å²) in [4.78, 5) is 31.3. The van der Waals surface area contributed by atoms with E-state index in [4.69, 9.17) is 11.6 Å². The van der Waals surface area contributed by atoms with Gasteiger partial charge >= 0.3 is 17.5 Å². The molecule has 1 radical (unpaired) electrons. The third kappa shape index (κ3) is 1.56. The summed E-state index contributed by atoms with van der Waals surface area (Å²) < 4.78 is 26.9. The Bertz CT molecular complexity index is 619. The van der Waals surface area contributed by atoms with E-state index in [0.717, 1.165) is 0 Å². The van der Waals surface area contributed by atoms with Gasteiger partial charge in [-0.1, -0.05) is 11.6 Å². The summed E-state index contributed by atoms with van der Waals surface area (Å²) in [6.07, 6.45) is 0. The number of nitrogens with zero attached hydrogens (tertiary/aromatic N) is 2. The van der Waals surface area contributed by atoms with Gasteiger partial charge in [0.1, 0.15) is 10.7 Å². The number of hydrogen-bond acceptors (Lipinski definition) is 4. The van der Waals surface area contributed by atoms with Gasteiger partial charge in [0.15, 0.2) is 11.5 Å². The predicted octanol–water partition coefficient (Wildman–Crippen LogP) is 1.24. The zero-order valence-corrected chi connectivity index (χ0v) is 8.92. The maximum absolute atomic E-state index is 13.5. The lowest BCUT2D eigenvalue weighted by molar-refractivity contribution is -0.386. The van der Waals surface area contributed by atoms with Crippen molar-refractivity contribution in [3.63, 3.8) is 0 Å². The van der Waals surface area contributed by atoms with Crippen molar-refractivity contribution in [2.24, 2.45) is 0 Å². The van der Waals surface area contributed by atoms with Gasteiger partial charge in [-0.3, -0.25) is 19.7 Å². The fourth-order valence-corrected chi connectivity index (χ4v) is 1.53. The van der Waals surface area contributed by atoms with E-state index in [-0.39, 0.29) is 0 Å². The average Bonchev–Trinajstić information content (AvgIpc) is 2.29. The summed E-state index contributed by atoms with van der Waals surface area (Å²) in [5.74, 6) is -5.78. The van der Waals surface area contributed by atoms with E-state index in [0.29, 0.717) is 0 Å². The van der Waals surface area contributed by atoms with Gasteiger partial charge in [-0.25, -0.2) is 4.39 Å². The van der Waals surface area contributed by atoms with Crippen LogP contribution in [0.1, 0.15) is 0 Å². The molecule has 0 aromatic heterocycles. The lowest BCUT2D eigenvalue weighted by Gasteiger charge is -2.16. The van der Waals surface area contributed by atoms with Crippen molar-refractivity contribution in [1.82, 2.24) is 5.32 Å². The molecule has 1 N–H and O–H groups in total. The molecule has 0 atom stereocenters. The molecule has 7 nitrogen and oxygen atoms in total. The van der Waals surface area contributed by atoms with Crippen LogP contribution in [0.3, 0.4) is 0 Å². The third-order valence-electron chi connectivity index (χ3n) is 2.10. The minimum Gasteiger partial charge on any atom is -0.313 e. The van der Waals surface area contributed by atoms with E-state index < -0.39 is 50.5 Å². The second kappa shape index (κ2) is 3.88. The molecule has 1 heterocycles. The molecular formula is C8HClF2N3O4. The second-order valence-corrected chi connectivity index (χ2v) is 3.52. The van der Waals surface area contributed by atoms with Crippen LogP contribution in [0.5, 0.6) is 0 Å². The van der Waals surface area contributed by atoms with Gasteiger partial charge < -0.3 is 5.32 Å². The molecule has 0 aliphatic carbocycles. The fourth-order valence-electron chi connectivity index (χ4n) is 1.35. The highest BCUT2D eigenvalue weighted by molar-refractivity contribution is 6.43. The first-order valence-corrected chi connectivity index (χ1v) is 4.64. The van der Waals surface area contributed by atoms with Crippen molar-refractivity contribution in [3.8, 4) is 0 Å². The van der Waals surface area contributed by atoms with Crippen molar-refractivity contribution in [2.45, 2.75) is 0 Å². The number of halogens is 3. The van der Waals surface area contributed by atoms with Gasteiger partial charge in [0, 0.05) is 0 Å². The molecular weight excluding hydrogens is 276 g/mol. The van der Waals surface area contributed by atoms with Crippen LogP contribution in [0.2, 0.25) is 5.02 Å². The number of fused-ring (bicyclic) bond motifs is 1. The summed E-state index contributed by atoms with van der Waals surface area (Å²) in [6.45, 7) is 0. The maximum Gasteiger partial charge on any atom is 0.336 e. The molecule has 18 heavy (non-hydrogen) atoms. The van der Waals surface area contributed by atoms with Crippen LogP contribution in [0.25, 0.3) is 0 Å². The first-order valence-electron chi connectivity index (χ1n) is 4.26. The molecule has 1 aromatic rings. The molecule has 1 aromatic carbocycles. The minimum atomic E-state index is -1.66. The monoisotopic (exact) mass is 276 g/mol. The number of amides is 2. The molecule has 0 fully saturated rings. The molecule has 1 aliphatic rings. The van der Waals surface area contributed by atoms with E-state index in [9.17, 15) is 28.5 Å². The number of nitrogens with one attached hydrogen (secondary N) is 1. The Morgan fingerprint density at radius 1 is 1.28 bits per heavy atom. The Labute approximate surface area is 102 Å². The molecule has 0 unspecified atom stereocenters. The summed E-state index contributed by atoms with van der Waals surface area (Å²) in [6, 6.07) is 0. The zero-order chi connectivity index (χ0) is 13.6. The van der Waals surface area contributed by atoms with Gasteiger partial charge in [-0.05, 0) is 0 Å². The van der Waals surface area contributed by atoms with Crippen LogP contribution < -0.4 is 10.6 Å². The molecule has 1 aliphatic heterocycles. The Balaban J connectivity index is 2.82. The number of anilines is 1. The smallest absolute Gasteiger partial charge is 0.313 e. The topological polar surface area (TPSA) is 103 Å². The van der Waals surface area contributed by atoms with Crippen LogP contribution >= 0.6 is 11.6 Å². The Morgan fingerprint density at radius 2 is 1.89 bits per heavy atom. The molecule has 0 spiro atoms. The number of nitro benzene ring substituents is 1. The lowest BCUT2D eigenvalue weighted by atomic mass is 10.1. The number of nitro groups is 1. The van der Waals surface area contributed by atoms with Crippen molar-refractivity contribution >= 4 is 40.5 Å². The van der Waals surface area contributed by atoms with E-state index in [1.165, 1.54) is 0 Å². The minimum absolute atomic E-state index is 0.794. The van der Waals surface area contributed by atoms with Crippen molar-refractivity contribution < 1.29 is 23.3 Å². The Kier molecular flexibility index (Phi) is 2.62. The summed E-state index contributed by atoms with van der Waals surface area (Å²) >= 11 is 5.22. The molecule has 0 saturated heterocycles. The highest BCUT2D eigenvalue weighted by Gasteiger charge is 2.38. The number of carbonyl (C=O) groups excluding carboxylic acids is 2. The van der Waals surface area contributed by atoms with Crippen molar-refractivity contribution in [1.29, 1.82) is 0 Å². The highest BCUT2D eigenvalue weighted by atomic mass is 35.5. The van der Waals surface area contributed by atoms with E-state index in [2.05, 4.69) is 5.32 Å². The van der Waals surface area contributed by atoms with Gasteiger partial charge in [0.2, 0.25) is 5.82 Å². The van der Waals surface area contributed by atoms with Crippen LogP contribution in [0.15, 0.2) is 0 Å². The van der Waals surface area contributed by atoms with Crippen LogP contribution in [0, 0.1) is 21.7 Å². The largest absolute Gasteiger partial charge is 0.336 e. The zero-order valence-electron chi connectivity index (χ0n) is 8.16. The summed E-state index contributed by atoms with van der Waals surface area (Å²) in [5.41, 5.74) is -2.97. The average molecular weight is 277 g/mol. The number of rotatable bonds is 1. The van der Waals surface area contributed by atoms with E-state index in [1.54, 1.807) is 5.32 Å². The standard InChI is InChI=1S/C8HClF2N3O4/c9-1-2(10)4-5(6(3(1)11)14(17)18)13-8(16)7(15)12-4/h(H,12,15). The number of hydrogen-bond donors (Lipinski definition) is 1. The van der Waals surface area contributed by atoms with Crippen LogP contribution in [0.4, 0.5) is 25.8 Å². The maximum atomic E-state index is 13.5. The fraction of sp³-hybridized carbons (Fsp3) is 0. The normalized spacial score (nSPS) is 13.7. The first-order chi connectivity index (χ1) is 8.34. The van der Waals surface area contributed by atoms with Gasteiger partial charge in [-0.15, -0.1) is 0 Å². The SMILES string of the molecule is O=C1[N]c2c(c(F)c(Cl)c(F)c2[N+](=O)[O-])NC1=O. The van der Waals surface area contributed by atoms with Crippen molar-refractivity contribution in [3.05, 3.63) is 26.8 Å². The molecule has 10 heteroatoms. The second-order valence-electron chi connectivity index (χ2n) is 3.14. The van der Waals surface area contributed by atoms with Gasteiger partial charge in [0.05, 0.1) is 4.92 Å². The van der Waals surface area contributed by atoms with E-state index >= 15 is 0 Å². The quantitative estimate of drug-likeness (QED) is 0.361. The number of benzene rings is 1. The summed E-state index contributed by atoms with van der Waals surface area (Å²) in [7, 11) is 0. The Morgan fingerprint density at radius 3 is 2.44 bits per heavy atom. The van der Waals surface area contributed by atoms with Crippen LogP contribution in [-0.4, -0.2) is 16.7 Å². The molecule has 2 amide bonds. The highest BCUT2D eigenvalue weighted by Crippen LogP contribution is 2.43.